The topological polar surface area (TPSA) is 41.1 Å². The first-order chi connectivity index (χ1) is 8.08. The fourth-order valence-electron chi connectivity index (χ4n) is 1.58. The van der Waals surface area contributed by atoms with Gasteiger partial charge in [-0.1, -0.05) is 15.9 Å². The summed E-state index contributed by atoms with van der Waals surface area (Å²) in [6, 6.07) is 2.14. The van der Waals surface area contributed by atoms with Crippen molar-refractivity contribution in [2.24, 2.45) is 5.92 Å². The van der Waals surface area contributed by atoms with Crippen LogP contribution in [-0.2, 0) is 0 Å². The van der Waals surface area contributed by atoms with Crippen molar-refractivity contribution in [3.05, 3.63) is 33.8 Å². The van der Waals surface area contributed by atoms with Gasteiger partial charge in [0.1, 0.15) is 17.2 Å². The number of hydrogen-bond donors (Lipinski definition) is 2. The monoisotopic (exact) mass is 304 g/mol. The van der Waals surface area contributed by atoms with E-state index in [4.69, 9.17) is 0 Å². The first-order valence-electron chi connectivity index (χ1n) is 5.21. The highest BCUT2D eigenvalue weighted by atomic mass is 79.9. The minimum Gasteiger partial charge on any atom is -0.351 e. The summed E-state index contributed by atoms with van der Waals surface area (Å²) in [7, 11) is 0. The first-order valence-corrected chi connectivity index (χ1v) is 6.00. The maximum atomic E-state index is 13.4. The molecule has 0 aromatic heterocycles. The lowest BCUT2D eigenvalue weighted by Gasteiger charge is -2.27. The molecule has 1 amide bonds. The average molecular weight is 305 g/mol. The highest BCUT2D eigenvalue weighted by Crippen LogP contribution is 2.19. The van der Waals surface area contributed by atoms with Crippen molar-refractivity contribution in [3.8, 4) is 0 Å². The maximum absolute atomic E-state index is 13.4. The molecular formula is C11H11BrF2N2O. The third-order valence-corrected chi connectivity index (χ3v) is 3.11. The third kappa shape index (κ3) is 2.81. The number of rotatable bonds is 3. The van der Waals surface area contributed by atoms with Gasteiger partial charge < -0.3 is 10.6 Å². The lowest BCUT2D eigenvalue weighted by Crippen LogP contribution is -2.48. The van der Waals surface area contributed by atoms with Gasteiger partial charge in [0.2, 0.25) is 0 Å². The Labute approximate surface area is 106 Å². The maximum Gasteiger partial charge on any atom is 0.257 e. The van der Waals surface area contributed by atoms with Crippen LogP contribution >= 0.6 is 15.9 Å². The second-order valence-corrected chi connectivity index (χ2v) is 4.89. The van der Waals surface area contributed by atoms with Gasteiger partial charge in [-0.3, -0.25) is 4.79 Å². The Morgan fingerprint density at radius 1 is 1.41 bits per heavy atom. The van der Waals surface area contributed by atoms with Gasteiger partial charge in [0.05, 0.1) is 0 Å². The summed E-state index contributed by atoms with van der Waals surface area (Å²) in [6.07, 6.45) is 0. The zero-order valence-electron chi connectivity index (χ0n) is 8.90. The molecule has 2 rings (SSSR count). The fourth-order valence-corrected chi connectivity index (χ4v) is 1.98. The van der Waals surface area contributed by atoms with Crippen LogP contribution in [0.2, 0.25) is 0 Å². The van der Waals surface area contributed by atoms with Crippen molar-refractivity contribution in [1.29, 1.82) is 0 Å². The normalized spacial score (nSPS) is 15.5. The summed E-state index contributed by atoms with van der Waals surface area (Å²) in [5.41, 5.74) is -0.527. The van der Waals surface area contributed by atoms with E-state index in [2.05, 4.69) is 26.6 Å². The molecule has 1 aromatic carbocycles. The Balaban J connectivity index is 2.07. The molecule has 1 saturated heterocycles. The van der Waals surface area contributed by atoms with E-state index in [0.29, 0.717) is 12.5 Å². The van der Waals surface area contributed by atoms with Gasteiger partial charge >= 0.3 is 0 Å². The van der Waals surface area contributed by atoms with Gasteiger partial charge in [-0.05, 0) is 12.1 Å². The van der Waals surface area contributed by atoms with Crippen LogP contribution in [0.4, 0.5) is 8.78 Å². The molecule has 0 aliphatic carbocycles. The van der Waals surface area contributed by atoms with Gasteiger partial charge in [-0.2, -0.15) is 0 Å². The quantitative estimate of drug-likeness (QED) is 0.892. The number of carbonyl (C=O) groups is 1. The van der Waals surface area contributed by atoms with Crippen LogP contribution in [0.3, 0.4) is 0 Å². The number of benzene rings is 1. The van der Waals surface area contributed by atoms with Crippen molar-refractivity contribution in [1.82, 2.24) is 10.6 Å². The zero-order chi connectivity index (χ0) is 12.4. The Morgan fingerprint density at radius 2 is 2.00 bits per heavy atom. The largest absolute Gasteiger partial charge is 0.351 e. The molecule has 0 unspecified atom stereocenters. The molecule has 1 aliphatic rings. The molecule has 0 radical (unpaired) electrons. The molecule has 92 valence electrons. The molecule has 0 saturated carbocycles. The Kier molecular flexibility index (Phi) is 3.73. The summed E-state index contributed by atoms with van der Waals surface area (Å²) in [5, 5.41) is 5.58. The lowest BCUT2D eigenvalue weighted by molar-refractivity contribution is 0.0933. The molecule has 1 heterocycles. The van der Waals surface area contributed by atoms with E-state index in [-0.39, 0.29) is 4.47 Å². The smallest absolute Gasteiger partial charge is 0.257 e. The van der Waals surface area contributed by atoms with Crippen LogP contribution in [0, 0.1) is 17.6 Å². The fraction of sp³-hybridized carbons (Fsp3) is 0.364. The molecule has 0 bridgehead atoms. The minimum absolute atomic E-state index is 0.271. The van der Waals surface area contributed by atoms with E-state index in [1.807, 2.05) is 0 Å². The van der Waals surface area contributed by atoms with Crippen LogP contribution in [0.15, 0.2) is 16.6 Å². The third-order valence-electron chi connectivity index (χ3n) is 2.65. The molecular weight excluding hydrogens is 294 g/mol. The van der Waals surface area contributed by atoms with E-state index in [1.165, 1.54) is 0 Å². The predicted molar refractivity (Wildman–Crippen MR) is 62.8 cm³/mol. The molecule has 1 aliphatic heterocycles. The van der Waals surface area contributed by atoms with Crippen molar-refractivity contribution in [2.45, 2.75) is 0 Å². The molecule has 1 aromatic rings. The van der Waals surface area contributed by atoms with Crippen molar-refractivity contribution in [2.75, 3.05) is 19.6 Å². The molecule has 1 fully saturated rings. The first kappa shape index (κ1) is 12.4. The summed E-state index contributed by atoms with van der Waals surface area (Å²) in [4.78, 5) is 11.6. The van der Waals surface area contributed by atoms with Crippen molar-refractivity contribution < 1.29 is 13.6 Å². The number of nitrogens with one attached hydrogen (secondary N) is 2. The van der Waals surface area contributed by atoms with Gasteiger partial charge in [0.25, 0.3) is 5.91 Å². The SMILES string of the molecule is O=C(NCC1CNC1)c1c(F)cc(Br)cc1F. The number of hydrogen-bond acceptors (Lipinski definition) is 2. The van der Waals surface area contributed by atoms with Gasteiger partial charge in [0.15, 0.2) is 0 Å². The van der Waals surface area contributed by atoms with E-state index >= 15 is 0 Å². The summed E-state index contributed by atoms with van der Waals surface area (Å²) in [6.45, 7) is 2.08. The van der Waals surface area contributed by atoms with Crippen LogP contribution < -0.4 is 10.6 Å². The second kappa shape index (κ2) is 5.10. The minimum atomic E-state index is -0.860. The lowest BCUT2D eigenvalue weighted by atomic mass is 10.0. The second-order valence-electron chi connectivity index (χ2n) is 3.98. The summed E-state index contributed by atoms with van der Waals surface area (Å²) in [5.74, 6) is -2.08. The Bertz CT molecular complexity index is 426. The van der Waals surface area contributed by atoms with E-state index in [0.717, 1.165) is 25.2 Å². The van der Waals surface area contributed by atoms with Gasteiger partial charge in [0, 0.05) is 30.0 Å². The standard InChI is InChI=1S/C11H11BrF2N2O/c12-7-1-8(13)10(9(14)2-7)11(17)16-5-6-3-15-4-6/h1-2,6,15H,3-5H2,(H,16,17). The van der Waals surface area contributed by atoms with E-state index in [1.54, 1.807) is 0 Å². The molecule has 2 N–H and O–H groups in total. The average Bonchev–Trinajstić information content (AvgIpc) is 2.13. The Morgan fingerprint density at radius 3 is 2.47 bits per heavy atom. The van der Waals surface area contributed by atoms with Crippen molar-refractivity contribution >= 4 is 21.8 Å². The molecule has 0 spiro atoms. The predicted octanol–water partition coefficient (Wildman–Crippen LogP) is 1.68. The summed E-state index contributed by atoms with van der Waals surface area (Å²) < 4.78 is 27.1. The zero-order valence-corrected chi connectivity index (χ0v) is 10.5. The van der Waals surface area contributed by atoms with E-state index < -0.39 is 23.1 Å². The molecule has 3 nitrogen and oxygen atoms in total. The van der Waals surface area contributed by atoms with Crippen molar-refractivity contribution in [3.63, 3.8) is 0 Å². The Hall–Kier alpha value is -1.01. The van der Waals surface area contributed by atoms with E-state index in [9.17, 15) is 13.6 Å². The molecule has 17 heavy (non-hydrogen) atoms. The van der Waals surface area contributed by atoms with Gasteiger partial charge in [-0.15, -0.1) is 0 Å². The highest BCUT2D eigenvalue weighted by molar-refractivity contribution is 9.10. The van der Waals surface area contributed by atoms with Crippen LogP contribution in [0.5, 0.6) is 0 Å². The number of halogens is 3. The van der Waals surface area contributed by atoms with Crippen LogP contribution in [-0.4, -0.2) is 25.5 Å². The number of amides is 1. The van der Waals surface area contributed by atoms with Crippen LogP contribution in [0.1, 0.15) is 10.4 Å². The van der Waals surface area contributed by atoms with Gasteiger partial charge in [-0.25, -0.2) is 8.78 Å². The van der Waals surface area contributed by atoms with Crippen LogP contribution in [0.25, 0.3) is 0 Å². The molecule has 0 atom stereocenters. The number of carbonyl (C=O) groups excluding carboxylic acids is 1. The molecule has 6 heteroatoms. The highest BCUT2D eigenvalue weighted by Gasteiger charge is 2.21. The summed E-state index contributed by atoms with van der Waals surface area (Å²) >= 11 is 2.96.